The molecule has 0 fully saturated rings. The molecule has 1 rings (SSSR count). The molecule has 0 unspecified atom stereocenters. The van der Waals surface area contributed by atoms with Crippen molar-refractivity contribution in [2.75, 3.05) is 13.2 Å². The van der Waals surface area contributed by atoms with Crippen molar-refractivity contribution in [2.45, 2.75) is 20.8 Å². The number of carbonyl (C=O) groups excluding carboxylic acids is 1. The molecular formula is C14H18NO6P. The highest BCUT2D eigenvalue weighted by Crippen LogP contribution is 2.56. The average Bonchev–Trinajstić information content (AvgIpc) is 2.48. The van der Waals surface area contributed by atoms with E-state index in [1.54, 1.807) is 20.8 Å². The number of nitrogens with zero attached hydrogens (tertiary/aromatic N) is 1. The van der Waals surface area contributed by atoms with E-state index in [2.05, 4.69) is 0 Å². The molecule has 0 aliphatic heterocycles. The summed E-state index contributed by atoms with van der Waals surface area (Å²) in [4.78, 5) is 22.6. The molecule has 0 aliphatic rings. The van der Waals surface area contributed by atoms with Gasteiger partial charge in [0.2, 0.25) is 5.78 Å². The molecular weight excluding hydrogens is 309 g/mol. The van der Waals surface area contributed by atoms with E-state index in [9.17, 15) is 19.5 Å². The topological polar surface area (TPSA) is 95.7 Å². The minimum Gasteiger partial charge on any atom is -0.305 e. The summed E-state index contributed by atoms with van der Waals surface area (Å²) in [5.41, 5.74) is 0.0507. The largest absolute Gasteiger partial charge is 0.364 e. The second-order valence-electron chi connectivity index (χ2n) is 4.14. The summed E-state index contributed by atoms with van der Waals surface area (Å²) in [5.74, 6) is -0.539. The minimum absolute atomic E-state index is 0.0787. The Balaban J connectivity index is 3.16. The first-order chi connectivity index (χ1) is 10.4. The first-order valence-corrected chi connectivity index (χ1v) is 8.29. The number of non-ortho nitro benzene ring substituents is 1. The van der Waals surface area contributed by atoms with Gasteiger partial charge in [0.25, 0.3) is 5.69 Å². The van der Waals surface area contributed by atoms with Crippen LogP contribution < -0.4 is 0 Å². The Labute approximate surface area is 128 Å². The summed E-state index contributed by atoms with van der Waals surface area (Å²) in [6.07, 6.45) is 1.38. The summed E-state index contributed by atoms with van der Waals surface area (Å²) in [6, 6.07) is 5.05. The molecule has 1 aromatic rings. The predicted octanol–water partition coefficient (Wildman–Crippen LogP) is 3.95. The van der Waals surface area contributed by atoms with Crippen LogP contribution in [0.4, 0.5) is 5.69 Å². The van der Waals surface area contributed by atoms with Crippen molar-refractivity contribution in [1.82, 2.24) is 0 Å². The quantitative estimate of drug-likeness (QED) is 0.236. The summed E-state index contributed by atoms with van der Waals surface area (Å²) in [7, 11) is -3.70. The van der Waals surface area contributed by atoms with Crippen LogP contribution in [0, 0.1) is 10.1 Å². The van der Waals surface area contributed by atoms with Crippen LogP contribution in [0.25, 0.3) is 0 Å². The molecule has 0 atom stereocenters. The number of nitro groups is 1. The van der Waals surface area contributed by atoms with Gasteiger partial charge in [0, 0.05) is 17.7 Å². The lowest BCUT2D eigenvalue weighted by Crippen LogP contribution is -2.08. The Hall–Kier alpha value is -1.82. The molecule has 7 nitrogen and oxygen atoms in total. The van der Waals surface area contributed by atoms with E-state index in [0.29, 0.717) is 0 Å². The van der Waals surface area contributed by atoms with Gasteiger partial charge in [-0.15, -0.1) is 0 Å². The molecule has 8 heteroatoms. The third-order valence-corrected chi connectivity index (χ3v) is 4.99. The molecule has 0 radical (unpaired) electrons. The second kappa shape index (κ2) is 7.98. The molecule has 0 spiro atoms. The van der Waals surface area contributed by atoms with Crippen LogP contribution in [0.5, 0.6) is 0 Å². The molecule has 0 N–H and O–H groups in total. The van der Waals surface area contributed by atoms with Crippen LogP contribution in [0.2, 0.25) is 0 Å². The van der Waals surface area contributed by atoms with Crippen LogP contribution in [0.1, 0.15) is 31.1 Å². The number of rotatable bonds is 8. The van der Waals surface area contributed by atoms with Gasteiger partial charge in [-0.25, -0.2) is 0 Å². The van der Waals surface area contributed by atoms with Crippen LogP contribution in [-0.4, -0.2) is 23.9 Å². The van der Waals surface area contributed by atoms with Gasteiger partial charge < -0.3 is 9.05 Å². The van der Waals surface area contributed by atoms with Gasteiger partial charge in [-0.2, -0.15) is 0 Å². The van der Waals surface area contributed by atoms with E-state index in [1.807, 2.05) is 0 Å². The van der Waals surface area contributed by atoms with Crippen molar-refractivity contribution in [2.24, 2.45) is 0 Å². The second-order valence-corrected chi connectivity index (χ2v) is 6.13. The lowest BCUT2D eigenvalue weighted by atomic mass is 10.1. The van der Waals surface area contributed by atoms with Crippen LogP contribution in [-0.2, 0) is 13.6 Å². The SMILES string of the molecule is C/C=C(/C(=O)c1ccc([N+](=O)[O-])cc1)P(=O)(OCC)OCC. The van der Waals surface area contributed by atoms with Gasteiger partial charge in [-0.1, -0.05) is 6.08 Å². The van der Waals surface area contributed by atoms with E-state index in [-0.39, 0.29) is 29.8 Å². The predicted molar refractivity (Wildman–Crippen MR) is 82.0 cm³/mol. The van der Waals surface area contributed by atoms with Crippen molar-refractivity contribution < 1.29 is 23.3 Å². The number of nitro benzene ring substituents is 1. The van der Waals surface area contributed by atoms with Gasteiger partial charge in [0.15, 0.2) is 0 Å². The Morgan fingerprint density at radius 1 is 1.23 bits per heavy atom. The standard InChI is InChI=1S/C14H18NO6P/c1-4-13(22(19,20-5-2)21-6-3)14(16)11-7-9-12(10-8-11)15(17)18/h4,7-10H,5-6H2,1-3H3/b13-4-. The fourth-order valence-electron chi connectivity index (χ4n) is 1.81. The summed E-state index contributed by atoms with van der Waals surface area (Å²) in [6.45, 7) is 5.11. The van der Waals surface area contributed by atoms with Crippen molar-refractivity contribution in [1.29, 1.82) is 0 Å². The highest BCUT2D eigenvalue weighted by atomic mass is 31.2. The number of benzene rings is 1. The zero-order valence-corrected chi connectivity index (χ0v) is 13.5. The van der Waals surface area contributed by atoms with E-state index in [0.717, 1.165) is 0 Å². The molecule has 0 saturated heterocycles. The molecule has 0 aliphatic carbocycles. The first kappa shape index (κ1) is 18.2. The first-order valence-electron chi connectivity index (χ1n) is 6.74. The number of hydrogen-bond acceptors (Lipinski definition) is 6. The fraction of sp³-hybridized carbons (Fsp3) is 0.357. The summed E-state index contributed by atoms with van der Waals surface area (Å²) >= 11 is 0. The van der Waals surface area contributed by atoms with Crippen LogP contribution >= 0.6 is 7.60 Å². The third-order valence-electron chi connectivity index (χ3n) is 2.74. The van der Waals surface area contributed by atoms with Gasteiger partial charge >= 0.3 is 7.60 Å². The zero-order valence-electron chi connectivity index (χ0n) is 12.6. The van der Waals surface area contributed by atoms with E-state index < -0.39 is 18.3 Å². The molecule has 0 aromatic heterocycles. The van der Waals surface area contributed by atoms with Gasteiger partial charge in [0.1, 0.15) is 5.31 Å². The number of ketones is 1. The minimum atomic E-state index is -3.70. The maximum absolute atomic E-state index is 12.7. The monoisotopic (exact) mass is 327 g/mol. The van der Waals surface area contributed by atoms with Crippen LogP contribution in [0.3, 0.4) is 0 Å². The highest BCUT2D eigenvalue weighted by Gasteiger charge is 2.34. The Morgan fingerprint density at radius 2 is 1.73 bits per heavy atom. The molecule has 0 heterocycles. The maximum atomic E-state index is 12.7. The Morgan fingerprint density at radius 3 is 2.09 bits per heavy atom. The molecule has 22 heavy (non-hydrogen) atoms. The zero-order chi connectivity index (χ0) is 16.8. The number of carbonyl (C=O) groups is 1. The number of allylic oxidation sites excluding steroid dienone is 2. The summed E-state index contributed by atoms with van der Waals surface area (Å²) < 4.78 is 23.0. The van der Waals surface area contributed by atoms with E-state index in [4.69, 9.17) is 9.05 Å². The van der Waals surface area contributed by atoms with Crippen molar-refractivity contribution in [3.05, 3.63) is 51.3 Å². The lowest BCUT2D eigenvalue weighted by Gasteiger charge is -2.19. The van der Waals surface area contributed by atoms with Gasteiger partial charge in [-0.05, 0) is 32.9 Å². The maximum Gasteiger partial charge on any atom is 0.364 e. The average molecular weight is 327 g/mol. The molecule has 0 amide bonds. The van der Waals surface area contributed by atoms with E-state index in [1.165, 1.54) is 30.3 Å². The van der Waals surface area contributed by atoms with E-state index >= 15 is 0 Å². The highest BCUT2D eigenvalue weighted by molar-refractivity contribution is 7.60. The van der Waals surface area contributed by atoms with Crippen molar-refractivity contribution >= 4 is 19.1 Å². The van der Waals surface area contributed by atoms with Crippen LogP contribution in [0.15, 0.2) is 35.7 Å². The number of hydrogen-bond donors (Lipinski definition) is 0. The molecule has 0 saturated carbocycles. The Kier molecular flexibility index (Phi) is 6.61. The number of Topliss-reactive ketones (excluding diaryl/α,β-unsaturated/α-hetero) is 1. The Bertz CT molecular complexity index is 613. The molecule has 1 aromatic carbocycles. The van der Waals surface area contributed by atoms with Crippen molar-refractivity contribution in [3.8, 4) is 0 Å². The molecule has 0 bridgehead atoms. The molecule has 120 valence electrons. The summed E-state index contributed by atoms with van der Waals surface area (Å²) in [5, 5.41) is 10.5. The van der Waals surface area contributed by atoms with Gasteiger partial charge in [0.05, 0.1) is 18.1 Å². The smallest absolute Gasteiger partial charge is 0.305 e. The lowest BCUT2D eigenvalue weighted by molar-refractivity contribution is -0.384. The fourth-order valence-corrected chi connectivity index (χ4v) is 3.54. The van der Waals surface area contributed by atoms with Crippen molar-refractivity contribution in [3.63, 3.8) is 0 Å². The third kappa shape index (κ3) is 4.10. The normalized spacial score (nSPS) is 12.2. The van der Waals surface area contributed by atoms with Gasteiger partial charge in [-0.3, -0.25) is 19.5 Å².